The lowest BCUT2D eigenvalue weighted by atomic mass is 10.2. The summed E-state index contributed by atoms with van der Waals surface area (Å²) in [7, 11) is 0. The second kappa shape index (κ2) is 6.61. The molecule has 0 aliphatic carbocycles. The molecule has 0 aliphatic heterocycles. The van der Waals surface area contributed by atoms with Crippen molar-refractivity contribution in [3.8, 4) is 0 Å². The van der Waals surface area contributed by atoms with Crippen LogP contribution in [0.2, 0.25) is 5.02 Å². The normalized spacial score (nSPS) is 11.7. The average molecular weight is 301 g/mol. The third-order valence-corrected chi connectivity index (χ3v) is 2.59. The van der Waals surface area contributed by atoms with E-state index in [9.17, 15) is 9.18 Å². The molecule has 6 heteroatoms. The number of nitrogen functional groups attached to an aromatic ring is 1. The van der Waals surface area contributed by atoms with Crippen molar-refractivity contribution in [1.29, 1.82) is 0 Å². The summed E-state index contributed by atoms with van der Waals surface area (Å²) in [6.45, 7) is 5.58. The number of benzene rings is 1. The number of amides is 1. The van der Waals surface area contributed by atoms with Crippen LogP contribution < -0.4 is 11.1 Å². The predicted molar refractivity (Wildman–Crippen MR) is 79.1 cm³/mol. The molecule has 0 spiro atoms. The van der Waals surface area contributed by atoms with Crippen molar-refractivity contribution in [1.82, 2.24) is 5.32 Å². The Bertz CT molecular complexity index is 525. The lowest BCUT2D eigenvalue weighted by molar-refractivity contribution is 0.0534. The van der Waals surface area contributed by atoms with Gasteiger partial charge in [0.25, 0.3) is 0 Å². The van der Waals surface area contributed by atoms with Gasteiger partial charge in [0, 0.05) is 6.54 Å². The van der Waals surface area contributed by atoms with Crippen LogP contribution in [0, 0.1) is 5.82 Å². The minimum atomic E-state index is -0.645. The Kier molecular flexibility index (Phi) is 5.39. The van der Waals surface area contributed by atoms with Crippen LogP contribution in [-0.2, 0) is 4.74 Å². The highest BCUT2D eigenvalue weighted by Crippen LogP contribution is 2.25. The first-order valence-corrected chi connectivity index (χ1v) is 6.45. The van der Waals surface area contributed by atoms with Crippen LogP contribution in [0.5, 0.6) is 0 Å². The van der Waals surface area contributed by atoms with Gasteiger partial charge in [0.15, 0.2) is 5.82 Å². The molecule has 4 nitrogen and oxygen atoms in total. The Labute approximate surface area is 122 Å². The third kappa shape index (κ3) is 5.09. The summed E-state index contributed by atoms with van der Waals surface area (Å²) in [5.41, 5.74) is 5.33. The Morgan fingerprint density at radius 2 is 2.15 bits per heavy atom. The van der Waals surface area contributed by atoms with Crippen LogP contribution in [0.4, 0.5) is 14.9 Å². The maximum Gasteiger partial charge on any atom is 0.407 e. The molecule has 0 aliphatic rings. The Morgan fingerprint density at radius 1 is 1.50 bits per heavy atom. The van der Waals surface area contributed by atoms with E-state index in [2.05, 4.69) is 5.32 Å². The fourth-order valence-corrected chi connectivity index (χ4v) is 1.59. The molecule has 0 saturated heterocycles. The standard InChI is InChI=1S/C14H18ClFN2O2/c1-14(2,3)20-13(19)18-8-4-5-9-6-7-10(17)12(16)11(9)15/h4-7H,8,17H2,1-3H3,(H,18,19). The van der Waals surface area contributed by atoms with E-state index in [1.54, 1.807) is 39.0 Å². The molecule has 3 N–H and O–H groups in total. The number of halogens is 2. The number of carbonyl (C=O) groups excluding carboxylic acids is 1. The van der Waals surface area contributed by atoms with Crippen molar-refractivity contribution in [3.05, 3.63) is 34.6 Å². The summed E-state index contributed by atoms with van der Waals surface area (Å²) in [5.74, 6) is -0.645. The van der Waals surface area contributed by atoms with Gasteiger partial charge in [-0.2, -0.15) is 0 Å². The quantitative estimate of drug-likeness (QED) is 0.838. The van der Waals surface area contributed by atoms with Crippen molar-refractivity contribution < 1.29 is 13.9 Å². The van der Waals surface area contributed by atoms with E-state index >= 15 is 0 Å². The summed E-state index contributed by atoms with van der Waals surface area (Å²) < 4.78 is 18.5. The van der Waals surface area contributed by atoms with Gasteiger partial charge in [-0.3, -0.25) is 0 Å². The van der Waals surface area contributed by atoms with E-state index < -0.39 is 17.5 Å². The molecule has 0 radical (unpaired) electrons. The summed E-state index contributed by atoms with van der Waals surface area (Å²) in [4.78, 5) is 11.4. The van der Waals surface area contributed by atoms with Crippen LogP contribution in [0.1, 0.15) is 26.3 Å². The molecule has 1 aromatic carbocycles. The molecule has 20 heavy (non-hydrogen) atoms. The van der Waals surface area contributed by atoms with Gasteiger partial charge < -0.3 is 15.8 Å². The number of hydrogen-bond donors (Lipinski definition) is 2. The number of anilines is 1. The molecule has 0 unspecified atom stereocenters. The summed E-state index contributed by atoms with van der Waals surface area (Å²) >= 11 is 5.81. The molecule has 0 saturated carbocycles. The fraction of sp³-hybridized carbons (Fsp3) is 0.357. The van der Waals surface area contributed by atoms with Gasteiger partial charge in [0.2, 0.25) is 0 Å². The SMILES string of the molecule is CC(C)(C)OC(=O)NCC=Cc1ccc(N)c(F)c1Cl. The number of carbonyl (C=O) groups is 1. The zero-order valence-electron chi connectivity index (χ0n) is 11.7. The molecule has 0 fully saturated rings. The number of alkyl carbamates (subject to hydrolysis) is 1. The Morgan fingerprint density at radius 3 is 2.75 bits per heavy atom. The molecule has 0 aromatic heterocycles. The summed E-state index contributed by atoms with van der Waals surface area (Å²) in [6.07, 6.45) is 2.72. The van der Waals surface area contributed by atoms with Gasteiger partial charge in [-0.25, -0.2) is 9.18 Å². The zero-order valence-corrected chi connectivity index (χ0v) is 12.4. The van der Waals surface area contributed by atoms with Gasteiger partial charge in [0.05, 0.1) is 10.7 Å². The molecular formula is C14H18ClFN2O2. The molecule has 110 valence electrons. The van der Waals surface area contributed by atoms with Crippen molar-refractivity contribution >= 4 is 29.5 Å². The molecule has 0 heterocycles. The lowest BCUT2D eigenvalue weighted by Gasteiger charge is -2.19. The maximum atomic E-state index is 13.4. The van der Waals surface area contributed by atoms with E-state index in [1.165, 1.54) is 6.07 Å². The van der Waals surface area contributed by atoms with Crippen LogP contribution in [0.15, 0.2) is 18.2 Å². The van der Waals surface area contributed by atoms with Crippen LogP contribution in [0.25, 0.3) is 6.08 Å². The molecule has 0 bridgehead atoms. The van der Waals surface area contributed by atoms with Crippen molar-refractivity contribution in [2.24, 2.45) is 0 Å². The number of ether oxygens (including phenoxy) is 1. The maximum absolute atomic E-state index is 13.4. The number of nitrogens with two attached hydrogens (primary N) is 1. The van der Waals surface area contributed by atoms with E-state index in [-0.39, 0.29) is 17.3 Å². The van der Waals surface area contributed by atoms with Crippen molar-refractivity contribution in [3.63, 3.8) is 0 Å². The summed E-state index contributed by atoms with van der Waals surface area (Å²) in [5, 5.41) is 2.50. The van der Waals surface area contributed by atoms with E-state index in [0.29, 0.717) is 5.56 Å². The van der Waals surface area contributed by atoms with Gasteiger partial charge >= 0.3 is 6.09 Å². The third-order valence-electron chi connectivity index (χ3n) is 2.20. The average Bonchev–Trinajstić information content (AvgIpc) is 2.32. The van der Waals surface area contributed by atoms with Crippen LogP contribution in [-0.4, -0.2) is 18.2 Å². The largest absolute Gasteiger partial charge is 0.444 e. The number of nitrogens with one attached hydrogen (secondary N) is 1. The monoisotopic (exact) mass is 300 g/mol. The first-order chi connectivity index (χ1) is 9.20. The Hall–Kier alpha value is -1.75. The highest BCUT2D eigenvalue weighted by Gasteiger charge is 2.15. The molecular weight excluding hydrogens is 283 g/mol. The van der Waals surface area contributed by atoms with Gasteiger partial charge in [-0.1, -0.05) is 29.8 Å². The van der Waals surface area contributed by atoms with E-state index in [0.717, 1.165) is 0 Å². The minimum Gasteiger partial charge on any atom is -0.444 e. The molecule has 1 aromatic rings. The molecule has 1 rings (SSSR count). The first kappa shape index (κ1) is 16.3. The number of hydrogen-bond acceptors (Lipinski definition) is 3. The second-order valence-electron chi connectivity index (χ2n) is 5.16. The lowest BCUT2D eigenvalue weighted by Crippen LogP contribution is -2.32. The zero-order chi connectivity index (χ0) is 15.3. The van der Waals surface area contributed by atoms with Gasteiger partial charge in [-0.05, 0) is 32.4 Å². The second-order valence-corrected chi connectivity index (χ2v) is 5.54. The van der Waals surface area contributed by atoms with Gasteiger partial charge in [0.1, 0.15) is 5.60 Å². The van der Waals surface area contributed by atoms with E-state index in [4.69, 9.17) is 22.1 Å². The van der Waals surface area contributed by atoms with Crippen LogP contribution in [0.3, 0.4) is 0 Å². The van der Waals surface area contributed by atoms with Gasteiger partial charge in [-0.15, -0.1) is 0 Å². The van der Waals surface area contributed by atoms with Crippen LogP contribution >= 0.6 is 11.6 Å². The summed E-state index contributed by atoms with van der Waals surface area (Å²) in [6, 6.07) is 3.03. The highest BCUT2D eigenvalue weighted by molar-refractivity contribution is 6.32. The van der Waals surface area contributed by atoms with E-state index in [1.807, 2.05) is 0 Å². The first-order valence-electron chi connectivity index (χ1n) is 6.07. The predicted octanol–water partition coefficient (Wildman–Crippen LogP) is 3.60. The smallest absolute Gasteiger partial charge is 0.407 e. The molecule has 0 atom stereocenters. The highest BCUT2D eigenvalue weighted by atomic mass is 35.5. The van der Waals surface area contributed by atoms with Crippen molar-refractivity contribution in [2.45, 2.75) is 26.4 Å². The minimum absolute atomic E-state index is 0.000898. The Balaban J connectivity index is 2.54. The topological polar surface area (TPSA) is 64.3 Å². The van der Waals surface area contributed by atoms with Crippen molar-refractivity contribution in [2.75, 3.05) is 12.3 Å². The number of rotatable bonds is 3. The fourth-order valence-electron chi connectivity index (χ4n) is 1.35. The molecule has 1 amide bonds.